The van der Waals surface area contributed by atoms with E-state index in [1.807, 2.05) is 0 Å². The molecule has 0 atom stereocenters. The summed E-state index contributed by atoms with van der Waals surface area (Å²) < 4.78 is 4.80. The van der Waals surface area contributed by atoms with E-state index in [9.17, 15) is 19.7 Å². The van der Waals surface area contributed by atoms with Gasteiger partial charge in [-0.15, -0.1) is 0 Å². The Morgan fingerprint density at radius 3 is 2.68 bits per heavy atom. The zero-order valence-corrected chi connectivity index (χ0v) is 11.3. The number of carbonyl (C=O) groups excluding carboxylic acids is 2. The third-order valence-corrected chi connectivity index (χ3v) is 2.61. The molecule has 0 aliphatic carbocycles. The summed E-state index contributed by atoms with van der Waals surface area (Å²) in [6, 6.07) is 8.73. The highest BCUT2D eigenvalue weighted by molar-refractivity contribution is 5.96. The van der Waals surface area contributed by atoms with Gasteiger partial charge in [-0.25, -0.2) is 4.79 Å². The summed E-state index contributed by atoms with van der Waals surface area (Å²) in [5, 5.41) is 13.1. The number of esters is 1. The molecule has 2 aromatic rings. The zero-order valence-electron chi connectivity index (χ0n) is 11.3. The van der Waals surface area contributed by atoms with Gasteiger partial charge in [-0.2, -0.15) is 0 Å². The number of nitro groups is 1. The van der Waals surface area contributed by atoms with Crippen LogP contribution in [0.5, 0.6) is 0 Å². The van der Waals surface area contributed by atoms with Gasteiger partial charge >= 0.3 is 5.97 Å². The number of amides is 1. The van der Waals surface area contributed by atoms with Gasteiger partial charge in [0.15, 0.2) is 6.61 Å². The topological polar surface area (TPSA) is 111 Å². The lowest BCUT2D eigenvalue weighted by atomic mass is 10.2. The normalized spacial score (nSPS) is 9.82. The van der Waals surface area contributed by atoms with Gasteiger partial charge in [-0.1, -0.05) is 12.1 Å². The largest absolute Gasteiger partial charge is 0.452 e. The molecule has 0 unspecified atom stereocenters. The van der Waals surface area contributed by atoms with Gasteiger partial charge in [0.25, 0.3) is 11.6 Å². The maximum Gasteiger partial charge on any atom is 0.340 e. The number of nitro benzene ring substituents is 1. The van der Waals surface area contributed by atoms with E-state index in [4.69, 9.17) is 4.74 Å². The highest BCUT2D eigenvalue weighted by Gasteiger charge is 2.16. The monoisotopic (exact) mass is 301 g/mol. The molecule has 0 fully saturated rings. The molecule has 0 radical (unpaired) electrons. The average Bonchev–Trinajstić information content (AvgIpc) is 2.53. The molecule has 1 amide bonds. The molecule has 1 heterocycles. The van der Waals surface area contributed by atoms with Crippen molar-refractivity contribution in [3.8, 4) is 0 Å². The number of ether oxygens (including phenoxy) is 1. The van der Waals surface area contributed by atoms with Gasteiger partial charge in [0.2, 0.25) is 0 Å². The summed E-state index contributed by atoms with van der Waals surface area (Å²) in [5.41, 5.74) is 0.00496. The maximum absolute atomic E-state index is 11.7. The van der Waals surface area contributed by atoms with Crippen LogP contribution in [-0.4, -0.2) is 28.4 Å². The number of nitrogens with zero attached hydrogens (tertiary/aromatic N) is 2. The van der Waals surface area contributed by atoms with E-state index >= 15 is 0 Å². The van der Waals surface area contributed by atoms with Crippen molar-refractivity contribution in [3.63, 3.8) is 0 Å². The van der Waals surface area contributed by atoms with Gasteiger partial charge in [-0.05, 0) is 18.2 Å². The quantitative estimate of drug-likeness (QED) is 0.512. The molecule has 0 aliphatic rings. The first kappa shape index (κ1) is 15.1. The number of aromatic nitrogens is 1. The second-order valence-corrected chi connectivity index (χ2v) is 4.14. The van der Waals surface area contributed by atoms with Crippen LogP contribution in [-0.2, 0) is 9.53 Å². The Labute approximate surface area is 124 Å². The standard InChI is InChI=1S/C14H11N3O5/c18-13(9-22-14(19)10-4-3-7-15-8-10)16-11-5-1-2-6-12(11)17(20)21/h1-8H,9H2,(H,16,18). The molecule has 0 saturated carbocycles. The highest BCUT2D eigenvalue weighted by atomic mass is 16.6. The minimum atomic E-state index is -0.703. The molecule has 22 heavy (non-hydrogen) atoms. The number of para-hydroxylation sites is 2. The van der Waals surface area contributed by atoms with E-state index in [2.05, 4.69) is 10.3 Å². The second-order valence-electron chi connectivity index (χ2n) is 4.14. The highest BCUT2D eigenvalue weighted by Crippen LogP contribution is 2.22. The fraction of sp³-hybridized carbons (Fsp3) is 0.0714. The average molecular weight is 301 g/mol. The third-order valence-electron chi connectivity index (χ3n) is 2.61. The first-order valence-electron chi connectivity index (χ1n) is 6.18. The van der Waals surface area contributed by atoms with Crippen molar-refractivity contribution in [3.05, 3.63) is 64.5 Å². The van der Waals surface area contributed by atoms with Gasteiger partial charge in [-0.3, -0.25) is 19.9 Å². The number of hydrogen-bond acceptors (Lipinski definition) is 6. The van der Waals surface area contributed by atoms with Crippen LogP contribution in [0.3, 0.4) is 0 Å². The number of rotatable bonds is 5. The zero-order chi connectivity index (χ0) is 15.9. The summed E-state index contributed by atoms with van der Waals surface area (Å²) in [7, 11) is 0. The van der Waals surface area contributed by atoms with Crippen molar-refractivity contribution in [2.75, 3.05) is 11.9 Å². The Balaban J connectivity index is 1.94. The van der Waals surface area contributed by atoms with Crippen LogP contribution in [0.15, 0.2) is 48.8 Å². The number of carbonyl (C=O) groups is 2. The number of hydrogen-bond donors (Lipinski definition) is 1. The fourth-order valence-electron chi connectivity index (χ4n) is 1.62. The molecule has 1 N–H and O–H groups in total. The molecule has 0 spiro atoms. The van der Waals surface area contributed by atoms with Crippen molar-refractivity contribution in [2.45, 2.75) is 0 Å². The molecule has 1 aromatic heterocycles. The van der Waals surface area contributed by atoms with Gasteiger partial charge in [0.1, 0.15) is 5.69 Å². The number of benzene rings is 1. The molecule has 0 saturated heterocycles. The van der Waals surface area contributed by atoms with E-state index in [-0.39, 0.29) is 16.9 Å². The van der Waals surface area contributed by atoms with Crippen molar-refractivity contribution in [2.24, 2.45) is 0 Å². The maximum atomic E-state index is 11.7. The first-order chi connectivity index (χ1) is 10.6. The van der Waals surface area contributed by atoms with E-state index < -0.39 is 23.4 Å². The molecule has 2 rings (SSSR count). The summed E-state index contributed by atoms with van der Waals surface area (Å²) >= 11 is 0. The SMILES string of the molecule is O=C(COC(=O)c1cccnc1)Nc1ccccc1[N+](=O)[O-]. The van der Waals surface area contributed by atoms with E-state index in [1.165, 1.54) is 36.7 Å². The Morgan fingerprint density at radius 2 is 2.00 bits per heavy atom. The van der Waals surface area contributed by atoms with Crippen LogP contribution < -0.4 is 5.32 Å². The Kier molecular flexibility index (Phi) is 4.76. The molecule has 112 valence electrons. The number of nitrogens with one attached hydrogen (secondary N) is 1. The van der Waals surface area contributed by atoms with Gasteiger partial charge in [0, 0.05) is 18.5 Å². The van der Waals surface area contributed by atoms with Gasteiger partial charge < -0.3 is 10.1 Å². The number of anilines is 1. The lowest BCUT2D eigenvalue weighted by Crippen LogP contribution is -2.21. The fourth-order valence-corrected chi connectivity index (χ4v) is 1.62. The van der Waals surface area contributed by atoms with Crippen LogP contribution >= 0.6 is 0 Å². The summed E-state index contributed by atoms with van der Waals surface area (Å²) in [5.74, 6) is -1.38. The predicted molar refractivity (Wildman–Crippen MR) is 76.2 cm³/mol. The molecular formula is C14H11N3O5. The van der Waals surface area contributed by atoms with E-state index in [0.717, 1.165) is 0 Å². The Hall–Kier alpha value is -3.29. The van der Waals surface area contributed by atoms with Crippen molar-refractivity contribution >= 4 is 23.3 Å². The Morgan fingerprint density at radius 1 is 1.23 bits per heavy atom. The van der Waals surface area contributed by atoms with Crippen molar-refractivity contribution < 1.29 is 19.2 Å². The van der Waals surface area contributed by atoms with Gasteiger partial charge in [0.05, 0.1) is 10.5 Å². The lowest BCUT2D eigenvalue weighted by molar-refractivity contribution is -0.383. The summed E-state index contributed by atoms with van der Waals surface area (Å²) in [6.07, 6.45) is 2.81. The van der Waals surface area contributed by atoms with Crippen LogP contribution in [0.1, 0.15) is 10.4 Å². The summed E-state index contributed by atoms with van der Waals surface area (Å²) in [4.78, 5) is 37.3. The van der Waals surface area contributed by atoms with Crippen molar-refractivity contribution in [1.82, 2.24) is 4.98 Å². The third kappa shape index (κ3) is 3.85. The lowest BCUT2D eigenvalue weighted by Gasteiger charge is -2.06. The molecule has 1 aromatic carbocycles. The van der Waals surface area contributed by atoms with E-state index in [0.29, 0.717) is 0 Å². The van der Waals surface area contributed by atoms with Crippen molar-refractivity contribution in [1.29, 1.82) is 0 Å². The predicted octanol–water partition coefficient (Wildman–Crippen LogP) is 1.79. The molecule has 8 heteroatoms. The van der Waals surface area contributed by atoms with Crippen LogP contribution in [0.4, 0.5) is 11.4 Å². The van der Waals surface area contributed by atoms with Crippen LogP contribution in [0.25, 0.3) is 0 Å². The van der Waals surface area contributed by atoms with Crippen LogP contribution in [0, 0.1) is 10.1 Å². The molecular weight excluding hydrogens is 290 g/mol. The summed E-state index contributed by atoms with van der Waals surface area (Å²) in [6.45, 7) is -0.556. The molecule has 0 bridgehead atoms. The smallest absolute Gasteiger partial charge is 0.340 e. The molecule has 0 aliphatic heterocycles. The Bertz CT molecular complexity index is 703. The van der Waals surface area contributed by atoms with Crippen LogP contribution in [0.2, 0.25) is 0 Å². The minimum absolute atomic E-state index is 0.0370. The molecule has 8 nitrogen and oxygen atoms in total. The van der Waals surface area contributed by atoms with E-state index in [1.54, 1.807) is 12.1 Å². The second kappa shape index (κ2) is 6.93. The minimum Gasteiger partial charge on any atom is -0.452 e. The number of pyridine rings is 1. The first-order valence-corrected chi connectivity index (χ1v) is 6.18.